The second-order valence-corrected chi connectivity index (χ2v) is 7.24. The third-order valence-corrected chi connectivity index (χ3v) is 4.43. The molecule has 1 aromatic rings. The van der Waals surface area contributed by atoms with Crippen molar-refractivity contribution in [3.63, 3.8) is 0 Å². The molecular weight excluding hydrogens is 467 g/mol. The number of aryl methyl sites for hydroxylation is 1. The Morgan fingerprint density at radius 3 is 2.61 bits per heavy atom. The quantitative estimate of drug-likeness (QED) is 0.325. The molecule has 0 atom stereocenters. The maximum atomic E-state index is 12.2. The Bertz CT molecular complexity index is 643. The number of ether oxygens (including phenoxy) is 1. The smallest absolute Gasteiger partial charge is 0.224 e. The van der Waals surface area contributed by atoms with Crippen LogP contribution in [0.1, 0.15) is 51.2 Å². The standard InChI is InChI=1S/C21H34N4O2.HI/c1-5-22-21(23-11-10-20(26)25-12-6-7-13-25)24-15-18-9-8-17(4)14-19(18)27-16(2)3;/h8-9,14,16H,5-7,10-13,15H2,1-4H3,(H2,22,23,24);1H. The van der Waals surface area contributed by atoms with E-state index >= 15 is 0 Å². The average molecular weight is 502 g/mol. The summed E-state index contributed by atoms with van der Waals surface area (Å²) in [5.41, 5.74) is 2.23. The average Bonchev–Trinajstić information content (AvgIpc) is 3.15. The number of hydrogen-bond donors (Lipinski definition) is 2. The number of hydrogen-bond acceptors (Lipinski definition) is 3. The van der Waals surface area contributed by atoms with Crippen LogP contribution in [-0.2, 0) is 11.3 Å². The minimum atomic E-state index is 0. The van der Waals surface area contributed by atoms with E-state index in [1.165, 1.54) is 5.56 Å². The minimum Gasteiger partial charge on any atom is -0.491 e. The van der Waals surface area contributed by atoms with E-state index in [9.17, 15) is 4.79 Å². The largest absolute Gasteiger partial charge is 0.491 e. The number of nitrogens with zero attached hydrogens (tertiary/aromatic N) is 2. The zero-order valence-corrected chi connectivity index (χ0v) is 19.9. The number of aliphatic imine (C=N–C) groups is 1. The van der Waals surface area contributed by atoms with Crippen molar-refractivity contribution in [2.24, 2.45) is 4.99 Å². The molecule has 0 aromatic heterocycles. The topological polar surface area (TPSA) is 66.0 Å². The van der Waals surface area contributed by atoms with Gasteiger partial charge in [-0.15, -0.1) is 24.0 Å². The number of carbonyl (C=O) groups is 1. The van der Waals surface area contributed by atoms with Gasteiger partial charge in [-0.2, -0.15) is 0 Å². The first kappa shape index (κ1) is 24.5. The molecule has 1 amide bonds. The molecule has 1 aliphatic heterocycles. The fourth-order valence-electron chi connectivity index (χ4n) is 3.07. The number of nitrogens with one attached hydrogen (secondary N) is 2. The van der Waals surface area contributed by atoms with Crippen LogP contribution < -0.4 is 15.4 Å². The van der Waals surface area contributed by atoms with Crippen molar-refractivity contribution >= 4 is 35.8 Å². The van der Waals surface area contributed by atoms with Crippen molar-refractivity contribution in [3.8, 4) is 5.75 Å². The Kier molecular flexibility index (Phi) is 11.3. The molecule has 0 unspecified atom stereocenters. The van der Waals surface area contributed by atoms with Crippen LogP contribution >= 0.6 is 24.0 Å². The lowest BCUT2D eigenvalue weighted by atomic mass is 10.1. The highest BCUT2D eigenvalue weighted by molar-refractivity contribution is 14.0. The molecule has 158 valence electrons. The molecule has 1 aromatic carbocycles. The molecule has 0 saturated carbocycles. The molecule has 1 fully saturated rings. The van der Waals surface area contributed by atoms with Gasteiger partial charge in [0.2, 0.25) is 5.91 Å². The Morgan fingerprint density at radius 1 is 1.25 bits per heavy atom. The third-order valence-electron chi connectivity index (χ3n) is 4.43. The zero-order valence-electron chi connectivity index (χ0n) is 17.6. The lowest BCUT2D eigenvalue weighted by Crippen LogP contribution is -2.39. The Hall–Kier alpha value is -1.51. The summed E-state index contributed by atoms with van der Waals surface area (Å²) in [5.74, 6) is 1.83. The maximum Gasteiger partial charge on any atom is 0.224 e. The normalized spacial score (nSPS) is 14.0. The predicted octanol–water partition coefficient (Wildman–Crippen LogP) is 3.47. The summed E-state index contributed by atoms with van der Waals surface area (Å²) in [4.78, 5) is 18.8. The summed E-state index contributed by atoms with van der Waals surface area (Å²) in [6.07, 6.45) is 2.87. The highest BCUT2D eigenvalue weighted by Gasteiger charge is 2.17. The van der Waals surface area contributed by atoms with Crippen molar-refractivity contribution in [1.29, 1.82) is 0 Å². The lowest BCUT2D eigenvalue weighted by molar-refractivity contribution is -0.129. The van der Waals surface area contributed by atoms with E-state index in [0.29, 0.717) is 19.5 Å². The van der Waals surface area contributed by atoms with Crippen LogP contribution in [-0.4, -0.2) is 49.0 Å². The summed E-state index contributed by atoms with van der Waals surface area (Å²) in [6, 6.07) is 6.20. The van der Waals surface area contributed by atoms with Crippen LogP contribution in [0.2, 0.25) is 0 Å². The van der Waals surface area contributed by atoms with Gasteiger partial charge in [0.1, 0.15) is 5.75 Å². The lowest BCUT2D eigenvalue weighted by Gasteiger charge is -2.17. The van der Waals surface area contributed by atoms with Crippen molar-refractivity contribution in [2.75, 3.05) is 26.2 Å². The fraction of sp³-hybridized carbons (Fsp3) is 0.619. The molecule has 2 rings (SSSR count). The second kappa shape index (κ2) is 12.9. The van der Waals surface area contributed by atoms with E-state index < -0.39 is 0 Å². The minimum absolute atomic E-state index is 0. The van der Waals surface area contributed by atoms with Crippen LogP contribution in [0, 0.1) is 6.92 Å². The summed E-state index contributed by atoms with van der Waals surface area (Å²) >= 11 is 0. The van der Waals surface area contributed by atoms with Crippen LogP contribution in [0.3, 0.4) is 0 Å². The predicted molar refractivity (Wildman–Crippen MR) is 126 cm³/mol. The number of benzene rings is 1. The molecule has 1 aliphatic rings. The molecular formula is C21H35IN4O2. The van der Waals surface area contributed by atoms with Gasteiger partial charge in [-0.1, -0.05) is 12.1 Å². The highest BCUT2D eigenvalue weighted by Crippen LogP contribution is 2.22. The van der Waals surface area contributed by atoms with Gasteiger partial charge in [0, 0.05) is 38.2 Å². The van der Waals surface area contributed by atoms with E-state index in [4.69, 9.17) is 4.74 Å². The molecule has 7 heteroatoms. The van der Waals surface area contributed by atoms with Crippen LogP contribution in [0.25, 0.3) is 0 Å². The van der Waals surface area contributed by atoms with Crippen LogP contribution in [0.4, 0.5) is 0 Å². The molecule has 1 heterocycles. The molecule has 0 aliphatic carbocycles. The number of likely N-dealkylation sites (tertiary alicyclic amines) is 1. The van der Waals surface area contributed by atoms with Gasteiger partial charge >= 0.3 is 0 Å². The summed E-state index contributed by atoms with van der Waals surface area (Å²) in [7, 11) is 0. The Morgan fingerprint density at radius 2 is 1.96 bits per heavy atom. The van der Waals surface area contributed by atoms with Gasteiger partial charge in [-0.3, -0.25) is 4.79 Å². The fourth-order valence-corrected chi connectivity index (χ4v) is 3.07. The van der Waals surface area contributed by atoms with Crippen LogP contribution in [0.15, 0.2) is 23.2 Å². The second-order valence-electron chi connectivity index (χ2n) is 7.24. The summed E-state index contributed by atoms with van der Waals surface area (Å²) in [5, 5.41) is 6.51. The molecule has 1 saturated heterocycles. The third kappa shape index (κ3) is 8.24. The Labute approximate surface area is 186 Å². The van der Waals surface area contributed by atoms with Crippen molar-refractivity contribution in [3.05, 3.63) is 29.3 Å². The van der Waals surface area contributed by atoms with Gasteiger partial charge in [-0.05, 0) is 52.2 Å². The number of rotatable bonds is 8. The summed E-state index contributed by atoms with van der Waals surface area (Å²) in [6.45, 7) is 11.8. The van der Waals surface area contributed by atoms with Crippen molar-refractivity contribution in [2.45, 2.75) is 59.6 Å². The van der Waals surface area contributed by atoms with Gasteiger partial charge in [0.25, 0.3) is 0 Å². The first-order valence-corrected chi connectivity index (χ1v) is 10.1. The molecule has 2 N–H and O–H groups in total. The van der Waals surface area contributed by atoms with E-state index in [2.05, 4.69) is 40.7 Å². The molecule has 6 nitrogen and oxygen atoms in total. The zero-order chi connectivity index (χ0) is 19.6. The first-order chi connectivity index (χ1) is 13.0. The van der Waals surface area contributed by atoms with Gasteiger partial charge in [0.15, 0.2) is 5.96 Å². The van der Waals surface area contributed by atoms with Crippen molar-refractivity contribution < 1.29 is 9.53 Å². The molecule has 0 radical (unpaired) electrons. The Balaban J connectivity index is 0.00000392. The van der Waals surface area contributed by atoms with Gasteiger partial charge in [-0.25, -0.2) is 4.99 Å². The SMILES string of the molecule is CCNC(=NCc1ccc(C)cc1OC(C)C)NCCC(=O)N1CCCC1.I. The molecule has 0 spiro atoms. The maximum absolute atomic E-state index is 12.2. The molecule has 28 heavy (non-hydrogen) atoms. The monoisotopic (exact) mass is 502 g/mol. The number of halogens is 1. The number of guanidine groups is 1. The number of carbonyl (C=O) groups excluding carboxylic acids is 1. The van der Waals surface area contributed by atoms with Crippen molar-refractivity contribution in [1.82, 2.24) is 15.5 Å². The van der Waals surface area contributed by atoms with Gasteiger partial charge < -0.3 is 20.3 Å². The van der Waals surface area contributed by atoms with E-state index in [1.54, 1.807) is 0 Å². The summed E-state index contributed by atoms with van der Waals surface area (Å²) < 4.78 is 5.93. The van der Waals surface area contributed by atoms with E-state index in [-0.39, 0.29) is 36.0 Å². The van der Waals surface area contributed by atoms with E-state index in [1.807, 2.05) is 25.7 Å². The number of amides is 1. The molecule has 0 bridgehead atoms. The highest BCUT2D eigenvalue weighted by atomic mass is 127. The van der Waals surface area contributed by atoms with Gasteiger partial charge in [0.05, 0.1) is 12.6 Å². The van der Waals surface area contributed by atoms with E-state index in [0.717, 1.165) is 49.7 Å². The first-order valence-electron chi connectivity index (χ1n) is 10.1. The van der Waals surface area contributed by atoms with Crippen LogP contribution in [0.5, 0.6) is 5.75 Å².